The van der Waals surface area contributed by atoms with Crippen molar-refractivity contribution in [3.05, 3.63) is 81.1 Å². The highest BCUT2D eigenvalue weighted by Gasteiger charge is 2.18. The standard InChI is InChI=1S/C25H20N4OS2/c1-16-9-10-22(11-17(16)2)29(18(3)30)25-27-21(14-32-25)12-20(13-26)24-28-23(15-31-24)19-7-5-4-6-8-19/h4-12,14-15H,1-3H3/b20-12+. The van der Waals surface area contributed by atoms with Gasteiger partial charge in [-0.1, -0.05) is 36.4 Å². The molecular formula is C25H20N4OS2. The number of allylic oxidation sites excluding steroid dienone is 1. The van der Waals surface area contributed by atoms with Crippen molar-refractivity contribution in [1.29, 1.82) is 5.26 Å². The van der Waals surface area contributed by atoms with Crippen LogP contribution >= 0.6 is 22.7 Å². The minimum atomic E-state index is -0.119. The molecule has 0 aliphatic carbocycles. The van der Waals surface area contributed by atoms with Crippen LogP contribution in [0.4, 0.5) is 10.8 Å². The number of anilines is 2. The number of amides is 1. The first-order valence-corrected chi connectivity index (χ1v) is 11.7. The molecule has 0 saturated carbocycles. The van der Waals surface area contributed by atoms with Crippen LogP contribution < -0.4 is 4.90 Å². The fourth-order valence-electron chi connectivity index (χ4n) is 3.17. The number of rotatable bonds is 5. The van der Waals surface area contributed by atoms with Crippen molar-refractivity contribution in [2.45, 2.75) is 20.8 Å². The molecule has 0 aliphatic heterocycles. The summed E-state index contributed by atoms with van der Waals surface area (Å²) in [5.41, 5.74) is 5.95. The van der Waals surface area contributed by atoms with Crippen LogP contribution in [0.1, 0.15) is 28.8 Å². The molecule has 4 rings (SSSR count). The van der Waals surface area contributed by atoms with Crippen LogP contribution in [0.5, 0.6) is 0 Å². The van der Waals surface area contributed by atoms with Crippen LogP contribution in [0.15, 0.2) is 59.3 Å². The summed E-state index contributed by atoms with van der Waals surface area (Å²) >= 11 is 2.79. The van der Waals surface area contributed by atoms with E-state index in [4.69, 9.17) is 0 Å². The minimum absolute atomic E-state index is 0.119. The molecule has 4 aromatic rings. The van der Waals surface area contributed by atoms with Gasteiger partial charge in [0.15, 0.2) is 5.13 Å². The van der Waals surface area contributed by atoms with E-state index in [1.54, 1.807) is 11.0 Å². The third-order valence-electron chi connectivity index (χ3n) is 4.98. The second kappa shape index (κ2) is 9.27. The average molecular weight is 457 g/mol. The minimum Gasteiger partial charge on any atom is -0.274 e. The summed E-state index contributed by atoms with van der Waals surface area (Å²) in [6, 6.07) is 18.0. The summed E-state index contributed by atoms with van der Waals surface area (Å²) in [6.07, 6.45) is 1.71. The Labute approximate surface area is 195 Å². The molecule has 0 fully saturated rings. The fraction of sp³-hybridized carbons (Fsp3) is 0.120. The SMILES string of the molecule is CC(=O)N(c1ccc(C)c(C)c1)c1nc(/C=C(\C#N)c2nc(-c3ccccc3)cs2)cs1. The molecule has 2 aromatic carbocycles. The monoisotopic (exact) mass is 456 g/mol. The van der Waals surface area contributed by atoms with Crippen molar-refractivity contribution in [2.75, 3.05) is 4.90 Å². The molecule has 7 heteroatoms. The highest BCUT2D eigenvalue weighted by atomic mass is 32.1. The number of hydrogen-bond acceptors (Lipinski definition) is 6. The lowest BCUT2D eigenvalue weighted by atomic mass is 10.1. The zero-order valence-corrected chi connectivity index (χ0v) is 19.5. The lowest BCUT2D eigenvalue weighted by molar-refractivity contribution is -0.115. The molecule has 5 nitrogen and oxygen atoms in total. The smallest absolute Gasteiger partial charge is 0.230 e. The quantitative estimate of drug-likeness (QED) is 0.316. The van der Waals surface area contributed by atoms with Gasteiger partial charge in [-0.2, -0.15) is 5.26 Å². The van der Waals surface area contributed by atoms with Gasteiger partial charge in [0, 0.05) is 23.2 Å². The maximum absolute atomic E-state index is 12.4. The summed E-state index contributed by atoms with van der Waals surface area (Å²) < 4.78 is 0. The normalized spacial score (nSPS) is 11.2. The molecule has 0 unspecified atom stereocenters. The lowest BCUT2D eigenvalue weighted by Crippen LogP contribution is -2.22. The zero-order chi connectivity index (χ0) is 22.7. The molecule has 0 N–H and O–H groups in total. The molecule has 2 heterocycles. The van der Waals surface area contributed by atoms with E-state index in [0.717, 1.165) is 28.1 Å². The van der Waals surface area contributed by atoms with Gasteiger partial charge in [-0.15, -0.1) is 22.7 Å². The Morgan fingerprint density at radius 1 is 1.03 bits per heavy atom. The van der Waals surface area contributed by atoms with E-state index in [1.807, 2.05) is 73.1 Å². The fourth-order valence-corrected chi connectivity index (χ4v) is 4.80. The first kappa shape index (κ1) is 21.6. The third-order valence-corrected chi connectivity index (χ3v) is 6.70. The Kier molecular flexibility index (Phi) is 6.26. The van der Waals surface area contributed by atoms with E-state index >= 15 is 0 Å². The lowest BCUT2D eigenvalue weighted by Gasteiger charge is -2.19. The Morgan fingerprint density at radius 2 is 1.81 bits per heavy atom. The Bertz CT molecular complexity index is 1350. The largest absolute Gasteiger partial charge is 0.274 e. The molecule has 0 bridgehead atoms. The summed E-state index contributed by atoms with van der Waals surface area (Å²) in [7, 11) is 0. The molecule has 0 radical (unpaired) electrons. The first-order valence-electron chi connectivity index (χ1n) is 9.93. The average Bonchev–Trinajstić information content (AvgIpc) is 3.45. The summed E-state index contributed by atoms with van der Waals surface area (Å²) in [5.74, 6) is -0.119. The van der Waals surface area contributed by atoms with Gasteiger partial charge in [0.2, 0.25) is 5.91 Å². The number of carbonyl (C=O) groups is 1. The highest BCUT2D eigenvalue weighted by molar-refractivity contribution is 7.14. The van der Waals surface area contributed by atoms with Crippen molar-refractivity contribution >= 4 is 51.0 Å². The number of nitrogens with zero attached hydrogens (tertiary/aromatic N) is 4. The zero-order valence-electron chi connectivity index (χ0n) is 17.9. The molecule has 32 heavy (non-hydrogen) atoms. The number of carbonyl (C=O) groups excluding carboxylic acids is 1. The number of aryl methyl sites for hydroxylation is 2. The summed E-state index contributed by atoms with van der Waals surface area (Å²) in [4.78, 5) is 23.2. The first-order chi connectivity index (χ1) is 15.5. The van der Waals surface area contributed by atoms with Gasteiger partial charge in [0.05, 0.1) is 22.6 Å². The summed E-state index contributed by atoms with van der Waals surface area (Å²) in [5, 5.41) is 14.7. The van der Waals surface area contributed by atoms with Crippen LogP contribution in [0.3, 0.4) is 0 Å². The maximum atomic E-state index is 12.4. The van der Waals surface area contributed by atoms with E-state index < -0.39 is 0 Å². The van der Waals surface area contributed by atoms with E-state index in [9.17, 15) is 10.1 Å². The van der Waals surface area contributed by atoms with Gasteiger partial charge in [0.1, 0.15) is 11.1 Å². The van der Waals surface area contributed by atoms with Crippen LogP contribution in [0.2, 0.25) is 0 Å². The van der Waals surface area contributed by atoms with Crippen LogP contribution in [0, 0.1) is 25.2 Å². The van der Waals surface area contributed by atoms with Crippen LogP contribution in [0.25, 0.3) is 22.9 Å². The number of benzene rings is 2. The van der Waals surface area contributed by atoms with Gasteiger partial charge < -0.3 is 0 Å². The molecule has 0 atom stereocenters. The summed E-state index contributed by atoms with van der Waals surface area (Å²) in [6.45, 7) is 5.58. The molecular weight excluding hydrogens is 436 g/mol. The van der Waals surface area contributed by atoms with Crippen LogP contribution in [-0.2, 0) is 4.79 Å². The van der Waals surface area contributed by atoms with Crippen molar-refractivity contribution in [1.82, 2.24) is 9.97 Å². The van der Waals surface area contributed by atoms with E-state index in [0.29, 0.717) is 21.4 Å². The molecule has 0 saturated heterocycles. The number of thiazole rings is 2. The van der Waals surface area contributed by atoms with Crippen molar-refractivity contribution < 1.29 is 4.79 Å². The maximum Gasteiger partial charge on any atom is 0.230 e. The van der Waals surface area contributed by atoms with Crippen LogP contribution in [-0.4, -0.2) is 15.9 Å². The van der Waals surface area contributed by atoms with Gasteiger partial charge in [0.25, 0.3) is 0 Å². The molecule has 0 aliphatic rings. The van der Waals surface area contributed by atoms with Gasteiger partial charge in [-0.05, 0) is 43.2 Å². The topological polar surface area (TPSA) is 69.9 Å². The van der Waals surface area contributed by atoms with Gasteiger partial charge >= 0.3 is 0 Å². The molecule has 2 aromatic heterocycles. The second-order valence-corrected chi connectivity index (χ2v) is 8.95. The van der Waals surface area contributed by atoms with E-state index in [-0.39, 0.29) is 5.91 Å². The Morgan fingerprint density at radius 3 is 2.50 bits per heavy atom. The highest BCUT2D eigenvalue weighted by Crippen LogP contribution is 2.32. The van der Waals surface area contributed by atoms with Gasteiger partial charge in [-0.25, -0.2) is 9.97 Å². The van der Waals surface area contributed by atoms with Crippen molar-refractivity contribution in [2.24, 2.45) is 0 Å². The predicted molar refractivity (Wildman–Crippen MR) is 132 cm³/mol. The molecule has 158 valence electrons. The Balaban J connectivity index is 1.64. The number of nitriles is 1. The van der Waals surface area contributed by atoms with Crippen molar-refractivity contribution in [3.63, 3.8) is 0 Å². The van der Waals surface area contributed by atoms with Crippen molar-refractivity contribution in [3.8, 4) is 17.3 Å². The molecule has 0 spiro atoms. The molecule has 1 amide bonds. The Hall–Kier alpha value is -3.60. The number of aromatic nitrogens is 2. The van der Waals surface area contributed by atoms with E-state index in [2.05, 4.69) is 16.0 Å². The third kappa shape index (κ3) is 4.52. The number of hydrogen-bond donors (Lipinski definition) is 0. The predicted octanol–water partition coefficient (Wildman–Crippen LogP) is 6.63. The van der Waals surface area contributed by atoms with Gasteiger partial charge in [-0.3, -0.25) is 9.69 Å². The second-order valence-electron chi connectivity index (χ2n) is 7.25. The van der Waals surface area contributed by atoms with E-state index in [1.165, 1.54) is 29.6 Å².